The molecular weight excluding hydrogens is 334 g/mol. The van der Waals surface area contributed by atoms with Crippen molar-refractivity contribution in [1.82, 2.24) is 14.9 Å². The van der Waals surface area contributed by atoms with Gasteiger partial charge in [0, 0.05) is 6.92 Å². The molecule has 1 atom stereocenters. The van der Waals surface area contributed by atoms with Crippen LogP contribution in [0.5, 0.6) is 0 Å². The molecule has 0 bridgehead atoms. The zero-order valence-electron chi connectivity index (χ0n) is 13.6. The van der Waals surface area contributed by atoms with Gasteiger partial charge in [-0.05, 0) is 30.5 Å². The lowest BCUT2D eigenvalue weighted by atomic mass is 10.0. The third-order valence-electron chi connectivity index (χ3n) is 3.24. The Hall–Kier alpha value is -2.26. The Kier molecular flexibility index (Phi) is 5.35. The second-order valence-corrected chi connectivity index (χ2v) is 7.51. The molecule has 1 unspecified atom stereocenters. The normalized spacial score (nSPS) is 13.2. The maximum Gasteiger partial charge on any atom is 0.335 e. The predicted octanol–water partition coefficient (Wildman–Crippen LogP) is 2.14. The first kappa shape index (κ1) is 18.1. The zero-order chi connectivity index (χ0) is 17.9. The first-order valence-electron chi connectivity index (χ1n) is 7.34. The fourth-order valence-corrected chi connectivity index (χ4v) is 3.42. The fourth-order valence-electron chi connectivity index (χ4n) is 2.18. The minimum Gasteiger partial charge on any atom is -0.478 e. The molecule has 0 aliphatic heterocycles. The van der Waals surface area contributed by atoms with Gasteiger partial charge in [0.2, 0.25) is 21.8 Å². The Morgan fingerprint density at radius 1 is 1.33 bits per heavy atom. The second kappa shape index (κ2) is 7.10. The van der Waals surface area contributed by atoms with Crippen molar-refractivity contribution >= 4 is 16.0 Å². The highest BCUT2D eigenvalue weighted by Crippen LogP contribution is 2.23. The van der Waals surface area contributed by atoms with Gasteiger partial charge in [-0.3, -0.25) is 0 Å². The third-order valence-corrected chi connectivity index (χ3v) is 4.70. The summed E-state index contributed by atoms with van der Waals surface area (Å²) in [6, 6.07) is 4.46. The number of nitrogens with zero attached hydrogens (tertiary/aromatic N) is 2. The van der Waals surface area contributed by atoms with Crippen molar-refractivity contribution < 1.29 is 22.7 Å². The highest BCUT2D eigenvalue weighted by Gasteiger charge is 2.26. The third kappa shape index (κ3) is 4.39. The lowest BCUT2D eigenvalue weighted by Crippen LogP contribution is -2.30. The number of rotatable bonds is 7. The van der Waals surface area contributed by atoms with E-state index >= 15 is 0 Å². The predicted molar refractivity (Wildman–Crippen MR) is 85.0 cm³/mol. The van der Waals surface area contributed by atoms with Crippen molar-refractivity contribution in [3.63, 3.8) is 0 Å². The van der Waals surface area contributed by atoms with Gasteiger partial charge in [-0.2, -0.15) is 4.72 Å². The van der Waals surface area contributed by atoms with Crippen LogP contribution in [-0.4, -0.2) is 29.7 Å². The first-order valence-corrected chi connectivity index (χ1v) is 8.83. The molecule has 0 spiro atoms. The monoisotopic (exact) mass is 353 g/mol. The number of hydrogen-bond acceptors (Lipinski definition) is 6. The van der Waals surface area contributed by atoms with Crippen LogP contribution in [0.25, 0.3) is 0 Å². The summed E-state index contributed by atoms with van der Waals surface area (Å²) in [6.07, 6.45) is 0.458. The van der Waals surface area contributed by atoms with Crippen molar-refractivity contribution in [1.29, 1.82) is 0 Å². The number of aromatic nitrogens is 2. The summed E-state index contributed by atoms with van der Waals surface area (Å²) in [5.74, 6) is -0.501. The van der Waals surface area contributed by atoms with Gasteiger partial charge in [0.15, 0.2) is 0 Å². The quantitative estimate of drug-likeness (QED) is 0.781. The molecule has 1 aromatic carbocycles. The molecule has 0 saturated carbocycles. The molecule has 0 fully saturated rings. The zero-order valence-corrected chi connectivity index (χ0v) is 14.4. The van der Waals surface area contributed by atoms with Crippen LogP contribution >= 0.6 is 0 Å². The van der Waals surface area contributed by atoms with Crippen LogP contribution < -0.4 is 4.72 Å². The molecule has 24 heavy (non-hydrogen) atoms. The molecule has 8 nitrogen and oxygen atoms in total. The minimum absolute atomic E-state index is 0.105. The summed E-state index contributed by atoms with van der Waals surface area (Å²) in [4.78, 5) is 10.9. The van der Waals surface area contributed by atoms with Gasteiger partial charge in [-0.25, -0.2) is 13.2 Å². The van der Waals surface area contributed by atoms with Crippen LogP contribution in [0.1, 0.15) is 48.4 Å². The summed E-state index contributed by atoms with van der Waals surface area (Å²) in [5, 5.41) is 16.6. The van der Waals surface area contributed by atoms with Gasteiger partial charge < -0.3 is 9.52 Å². The Balaban J connectivity index is 2.33. The molecule has 0 radical (unpaired) electrons. The van der Waals surface area contributed by atoms with Crippen LogP contribution in [0.2, 0.25) is 0 Å². The average Bonchev–Trinajstić information content (AvgIpc) is 2.92. The van der Waals surface area contributed by atoms with Gasteiger partial charge in [0.25, 0.3) is 0 Å². The van der Waals surface area contributed by atoms with Gasteiger partial charge >= 0.3 is 5.97 Å². The van der Waals surface area contributed by atoms with Gasteiger partial charge in [0.1, 0.15) is 6.04 Å². The van der Waals surface area contributed by atoms with E-state index in [4.69, 9.17) is 9.52 Å². The molecular formula is C15H19N3O5S. The maximum atomic E-state index is 12.6. The molecule has 1 heterocycles. The number of aromatic carboxylic acids is 1. The van der Waals surface area contributed by atoms with Gasteiger partial charge in [-0.15, -0.1) is 10.2 Å². The SMILES string of the molecule is Cc1nnc(C(CC(C)C)NS(=O)(=O)c2cccc(C(=O)O)c2)o1. The number of nitrogens with one attached hydrogen (secondary N) is 1. The number of sulfonamides is 1. The fraction of sp³-hybridized carbons (Fsp3) is 0.400. The van der Waals surface area contributed by atoms with E-state index in [1.165, 1.54) is 18.2 Å². The van der Waals surface area contributed by atoms with E-state index in [1.54, 1.807) is 6.92 Å². The Morgan fingerprint density at radius 2 is 2.04 bits per heavy atom. The molecule has 0 saturated heterocycles. The summed E-state index contributed by atoms with van der Waals surface area (Å²) in [7, 11) is -3.94. The van der Waals surface area contributed by atoms with Gasteiger partial charge in [0.05, 0.1) is 10.5 Å². The Morgan fingerprint density at radius 3 is 2.58 bits per heavy atom. The van der Waals surface area contributed by atoms with Crippen LogP contribution in [0, 0.1) is 12.8 Å². The van der Waals surface area contributed by atoms with E-state index < -0.39 is 22.0 Å². The number of aryl methyl sites for hydroxylation is 1. The lowest BCUT2D eigenvalue weighted by Gasteiger charge is -2.17. The van der Waals surface area contributed by atoms with Crippen molar-refractivity contribution in [3.8, 4) is 0 Å². The van der Waals surface area contributed by atoms with Crippen molar-refractivity contribution in [2.24, 2.45) is 5.92 Å². The molecule has 0 aliphatic rings. The summed E-state index contributed by atoms with van der Waals surface area (Å²) in [5.41, 5.74) is -0.105. The van der Waals surface area contributed by atoms with Crippen molar-refractivity contribution in [3.05, 3.63) is 41.6 Å². The van der Waals surface area contributed by atoms with E-state index in [0.717, 1.165) is 6.07 Å². The molecule has 2 N–H and O–H groups in total. The molecule has 130 valence electrons. The summed E-state index contributed by atoms with van der Waals surface area (Å²) in [6.45, 7) is 5.50. The molecule has 2 rings (SSSR count). The minimum atomic E-state index is -3.94. The topological polar surface area (TPSA) is 122 Å². The number of hydrogen-bond donors (Lipinski definition) is 2. The van der Waals surface area contributed by atoms with E-state index in [0.29, 0.717) is 12.3 Å². The highest BCUT2D eigenvalue weighted by atomic mass is 32.2. The number of benzene rings is 1. The lowest BCUT2D eigenvalue weighted by molar-refractivity contribution is 0.0696. The largest absolute Gasteiger partial charge is 0.478 e. The van der Waals surface area contributed by atoms with E-state index in [2.05, 4.69) is 14.9 Å². The van der Waals surface area contributed by atoms with Gasteiger partial charge in [-0.1, -0.05) is 19.9 Å². The first-order chi connectivity index (χ1) is 11.2. The molecule has 9 heteroatoms. The summed E-state index contributed by atoms with van der Waals surface area (Å²) < 4.78 is 33.0. The van der Waals surface area contributed by atoms with Crippen LogP contribution in [0.3, 0.4) is 0 Å². The van der Waals surface area contributed by atoms with Crippen molar-refractivity contribution in [2.45, 2.75) is 38.1 Å². The number of carbonyl (C=O) groups is 1. The number of carboxylic acid groups (broad SMARTS) is 1. The second-order valence-electron chi connectivity index (χ2n) is 5.80. The maximum absolute atomic E-state index is 12.6. The summed E-state index contributed by atoms with van der Waals surface area (Å²) >= 11 is 0. The average molecular weight is 353 g/mol. The van der Waals surface area contributed by atoms with E-state index in [-0.39, 0.29) is 22.3 Å². The van der Waals surface area contributed by atoms with Crippen LogP contribution in [0.15, 0.2) is 33.6 Å². The standard InChI is InChI=1S/C15H19N3O5S/c1-9(2)7-13(14-17-16-10(3)23-14)18-24(21,22)12-6-4-5-11(8-12)15(19)20/h4-6,8-9,13,18H,7H2,1-3H3,(H,19,20). The van der Waals surface area contributed by atoms with Crippen LogP contribution in [-0.2, 0) is 10.0 Å². The van der Waals surface area contributed by atoms with Crippen LogP contribution in [0.4, 0.5) is 0 Å². The number of carboxylic acids is 1. The molecule has 0 aliphatic carbocycles. The molecule has 2 aromatic rings. The van der Waals surface area contributed by atoms with E-state index in [1.807, 2.05) is 13.8 Å². The Labute approximate surface area is 140 Å². The smallest absolute Gasteiger partial charge is 0.335 e. The van der Waals surface area contributed by atoms with E-state index in [9.17, 15) is 13.2 Å². The molecule has 0 amide bonds. The Bertz CT molecular complexity index is 829. The molecule has 1 aromatic heterocycles. The van der Waals surface area contributed by atoms with Crippen molar-refractivity contribution in [2.75, 3.05) is 0 Å². The highest BCUT2D eigenvalue weighted by molar-refractivity contribution is 7.89.